The van der Waals surface area contributed by atoms with E-state index in [4.69, 9.17) is 5.10 Å². The smallest absolute Gasteiger partial charge is 0.317 e. The molecule has 0 radical (unpaired) electrons. The molecular weight excluding hydrogens is 409 g/mol. The first-order chi connectivity index (χ1) is 15.6. The van der Waals surface area contributed by atoms with E-state index in [2.05, 4.69) is 15.5 Å². The molecular formula is C23H22FN7O. The summed E-state index contributed by atoms with van der Waals surface area (Å²) in [6, 6.07) is 15.8. The number of halogens is 1. The molecule has 1 aliphatic heterocycles. The van der Waals surface area contributed by atoms with Crippen molar-refractivity contribution in [3.8, 4) is 17.2 Å². The Balaban J connectivity index is 1.38. The van der Waals surface area contributed by atoms with Crippen LogP contribution in [0.5, 0.6) is 0 Å². The number of carbonyl (C=O) groups is 1. The second kappa shape index (κ2) is 8.26. The highest BCUT2D eigenvalue weighted by Crippen LogP contribution is 2.29. The van der Waals surface area contributed by atoms with E-state index in [1.54, 1.807) is 23.4 Å². The molecule has 2 amide bonds. The van der Waals surface area contributed by atoms with E-state index < -0.39 is 0 Å². The molecule has 0 fully saturated rings. The van der Waals surface area contributed by atoms with Crippen molar-refractivity contribution >= 4 is 6.03 Å². The number of hydrogen-bond donors (Lipinski definition) is 1. The van der Waals surface area contributed by atoms with Gasteiger partial charge in [0.15, 0.2) is 5.82 Å². The Bertz CT molecular complexity index is 1250. The van der Waals surface area contributed by atoms with Gasteiger partial charge in [0.25, 0.3) is 0 Å². The molecule has 5 rings (SSSR count). The van der Waals surface area contributed by atoms with E-state index in [1.165, 1.54) is 12.1 Å². The molecule has 0 aliphatic carbocycles. The van der Waals surface area contributed by atoms with Crippen LogP contribution >= 0.6 is 0 Å². The average molecular weight is 431 g/mol. The summed E-state index contributed by atoms with van der Waals surface area (Å²) in [5.41, 5.74) is 4.57. The van der Waals surface area contributed by atoms with Crippen molar-refractivity contribution in [2.75, 3.05) is 6.54 Å². The van der Waals surface area contributed by atoms with Crippen LogP contribution in [0.15, 0.2) is 60.9 Å². The third-order valence-corrected chi connectivity index (χ3v) is 5.68. The topological polar surface area (TPSA) is 80.9 Å². The van der Waals surface area contributed by atoms with Gasteiger partial charge in [-0.05, 0) is 29.8 Å². The first-order valence-corrected chi connectivity index (χ1v) is 10.4. The highest BCUT2D eigenvalue weighted by molar-refractivity contribution is 5.75. The lowest BCUT2D eigenvalue weighted by Gasteiger charge is -2.27. The number of aromatic nitrogens is 5. The molecule has 0 atom stereocenters. The van der Waals surface area contributed by atoms with Crippen LogP contribution in [-0.4, -0.2) is 42.0 Å². The van der Waals surface area contributed by atoms with Gasteiger partial charge in [-0.15, -0.1) is 10.2 Å². The molecule has 32 heavy (non-hydrogen) atoms. The Labute approximate surface area is 184 Å². The van der Waals surface area contributed by atoms with Crippen molar-refractivity contribution in [1.29, 1.82) is 0 Å². The van der Waals surface area contributed by atoms with Crippen molar-refractivity contribution < 1.29 is 9.18 Å². The predicted octanol–water partition coefficient (Wildman–Crippen LogP) is 3.07. The van der Waals surface area contributed by atoms with Crippen molar-refractivity contribution in [1.82, 2.24) is 34.8 Å². The molecule has 162 valence electrons. The molecule has 1 N–H and O–H groups in total. The minimum Gasteiger partial charge on any atom is -0.334 e. The van der Waals surface area contributed by atoms with Gasteiger partial charge in [0.1, 0.15) is 17.8 Å². The second-order valence-corrected chi connectivity index (χ2v) is 7.71. The number of hydrogen-bond acceptors (Lipinski definition) is 4. The summed E-state index contributed by atoms with van der Waals surface area (Å²) in [4.78, 5) is 14.6. The van der Waals surface area contributed by atoms with Crippen LogP contribution in [0, 0.1) is 5.82 Å². The standard InChI is InChI=1S/C23H22FN7O/c1-29-20-11-12-30(23(32)25-13-16-7-9-17(24)10-8-16)14-19(20)21(28-29)22-27-26-15-31(22)18-5-3-2-4-6-18/h2-10,15H,11-14H2,1H3,(H,25,32). The van der Waals surface area contributed by atoms with Crippen LogP contribution in [0.2, 0.25) is 0 Å². The van der Waals surface area contributed by atoms with Crippen LogP contribution in [0.1, 0.15) is 16.8 Å². The number of nitrogens with zero attached hydrogens (tertiary/aromatic N) is 6. The summed E-state index contributed by atoms with van der Waals surface area (Å²) >= 11 is 0. The maximum Gasteiger partial charge on any atom is 0.317 e. The van der Waals surface area contributed by atoms with Gasteiger partial charge in [0, 0.05) is 43.5 Å². The maximum atomic E-state index is 13.1. The van der Waals surface area contributed by atoms with Crippen LogP contribution in [-0.2, 0) is 26.6 Å². The Morgan fingerprint density at radius 1 is 1.12 bits per heavy atom. The quantitative estimate of drug-likeness (QED) is 0.539. The molecule has 2 aromatic heterocycles. The lowest BCUT2D eigenvalue weighted by Crippen LogP contribution is -2.42. The normalized spacial score (nSPS) is 13.1. The van der Waals surface area contributed by atoms with Crippen molar-refractivity contribution in [3.05, 3.63) is 83.6 Å². The van der Waals surface area contributed by atoms with Crippen molar-refractivity contribution in [2.24, 2.45) is 7.05 Å². The van der Waals surface area contributed by atoms with Crippen molar-refractivity contribution in [2.45, 2.75) is 19.5 Å². The summed E-state index contributed by atoms with van der Waals surface area (Å²) in [5.74, 6) is 0.345. The molecule has 4 aromatic rings. The maximum absolute atomic E-state index is 13.1. The monoisotopic (exact) mass is 431 g/mol. The van der Waals surface area contributed by atoms with Crippen LogP contribution in [0.4, 0.5) is 9.18 Å². The summed E-state index contributed by atoms with van der Waals surface area (Å²) in [6.07, 6.45) is 2.37. The zero-order chi connectivity index (χ0) is 22.1. The van der Waals surface area contributed by atoms with Gasteiger partial charge in [0.2, 0.25) is 0 Å². The van der Waals surface area contributed by atoms with Gasteiger partial charge in [-0.25, -0.2) is 9.18 Å². The number of rotatable bonds is 4. The molecule has 0 saturated heterocycles. The number of urea groups is 1. The SMILES string of the molecule is Cn1nc(-c2nncn2-c2ccccc2)c2c1CCN(C(=O)NCc1ccc(F)cc1)C2. The first-order valence-electron chi connectivity index (χ1n) is 10.4. The summed E-state index contributed by atoms with van der Waals surface area (Å²) in [7, 11) is 1.91. The molecule has 0 spiro atoms. The summed E-state index contributed by atoms with van der Waals surface area (Å²) in [6.45, 7) is 1.35. The zero-order valence-corrected chi connectivity index (χ0v) is 17.6. The molecule has 0 bridgehead atoms. The minimum absolute atomic E-state index is 0.167. The highest BCUT2D eigenvalue weighted by Gasteiger charge is 2.29. The number of nitrogens with one attached hydrogen (secondary N) is 1. The fourth-order valence-corrected chi connectivity index (χ4v) is 4.01. The Morgan fingerprint density at radius 2 is 1.91 bits per heavy atom. The Morgan fingerprint density at radius 3 is 2.69 bits per heavy atom. The van der Waals surface area contributed by atoms with Crippen molar-refractivity contribution in [3.63, 3.8) is 0 Å². The molecule has 9 heteroatoms. The van der Waals surface area contributed by atoms with E-state index in [0.717, 1.165) is 28.2 Å². The Kier molecular flexibility index (Phi) is 5.14. The van der Waals surface area contributed by atoms with E-state index in [9.17, 15) is 9.18 Å². The number of para-hydroxylation sites is 1. The number of amides is 2. The molecule has 0 unspecified atom stereocenters. The predicted molar refractivity (Wildman–Crippen MR) is 116 cm³/mol. The third-order valence-electron chi connectivity index (χ3n) is 5.68. The molecule has 3 heterocycles. The minimum atomic E-state index is -0.295. The first kappa shape index (κ1) is 19.9. The highest BCUT2D eigenvalue weighted by atomic mass is 19.1. The van der Waals surface area contributed by atoms with Gasteiger partial charge >= 0.3 is 6.03 Å². The molecule has 2 aromatic carbocycles. The summed E-state index contributed by atoms with van der Waals surface area (Å²) in [5, 5.41) is 16.1. The number of aryl methyl sites for hydroxylation is 1. The number of carbonyl (C=O) groups excluding carboxylic acids is 1. The van der Waals surface area contributed by atoms with Crippen LogP contribution in [0.3, 0.4) is 0 Å². The van der Waals surface area contributed by atoms with E-state index >= 15 is 0 Å². The molecule has 1 aliphatic rings. The average Bonchev–Trinajstić information content (AvgIpc) is 3.43. The van der Waals surface area contributed by atoms with Crippen LogP contribution in [0.25, 0.3) is 17.2 Å². The van der Waals surface area contributed by atoms with Gasteiger partial charge in [-0.3, -0.25) is 9.25 Å². The van der Waals surface area contributed by atoms with Gasteiger partial charge in [0.05, 0.1) is 6.54 Å². The second-order valence-electron chi connectivity index (χ2n) is 7.71. The number of fused-ring (bicyclic) bond motifs is 1. The fraction of sp³-hybridized carbons (Fsp3) is 0.217. The lowest BCUT2D eigenvalue weighted by molar-refractivity contribution is 0.191. The van der Waals surface area contributed by atoms with Gasteiger partial charge in [-0.2, -0.15) is 5.10 Å². The molecule has 0 saturated carbocycles. The fourth-order valence-electron chi connectivity index (χ4n) is 4.01. The Hall–Kier alpha value is -4.01. The summed E-state index contributed by atoms with van der Waals surface area (Å²) < 4.78 is 16.9. The molecule has 8 nitrogen and oxygen atoms in total. The van der Waals surface area contributed by atoms with Gasteiger partial charge in [-0.1, -0.05) is 30.3 Å². The largest absolute Gasteiger partial charge is 0.334 e. The third kappa shape index (κ3) is 3.73. The number of benzene rings is 2. The van der Waals surface area contributed by atoms with Gasteiger partial charge < -0.3 is 10.2 Å². The zero-order valence-electron chi connectivity index (χ0n) is 17.6. The van der Waals surface area contributed by atoms with Crippen LogP contribution < -0.4 is 5.32 Å². The van der Waals surface area contributed by atoms with E-state index in [1.807, 2.05) is 46.6 Å². The van der Waals surface area contributed by atoms with E-state index in [0.29, 0.717) is 31.9 Å². The van der Waals surface area contributed by atoms with E-state index in [-0.39, 0.29) is 11.8 Å². The lowest BCUT2D eigenvalue weighted by atomic mass is 10.0.